The smallest absolute Gasteiger partial charge is 0.396 e. The first-order valence-corrected chi connectivity index (χ1v) is 7.34. The van der Waals surface area contributed by atoms with Crippen LogP contribution in [0.15, 0.2) is 18.2 Å². The van der Waals surface area contributed by atoms with E-state index in [1.165, 1.54) is 4.90 Å². The molecule has 0 saturated carbocycles. The summed E-state index contributed by atoms with van der Waals surface area (Å²) in [6.07, 6.45) is -4.24. The second-order valence-corrected chi connectivity index (χ2v) is 5.83. The minimum atomic E-state index is -4.24. The van der Waals surface area contributed by atoms with Crippen molar-refractivity contribution >= 4 is 11.7 Å². The number of halogens is 3. The first-order chi connectivity index (χ1) is 10.8. The van der Waals surface area contributed by atoms with Gasteiger partial charge in [0.2, 0.25) is 0 Å². The highest BCUT2D eigenvalue weighted by atomic mass is 19.4. The molecule has 1 unspecified atom stereocenters. The summed E-state index contributed by atoms with van der Waals surface area (Å²) in [5.41, 5.74) is 2.01. The molecule has 1 atom stereocenters. The zero-order valence-corrected chi connectivity index (χ0v) is 12.8. The van der Waals surface area contributed by atoms with E-state index in [9.17, 15) is 18.0 Å². The minimum Gasteiger partial charge on any atom is -0.396 e. The van der Waals surface area contributed by atoms with E-state index < -0.39 is 18.8 Å². The summed E-state index contributed by atoms with van der Waals surface area (Å²) >= 11 is 0. The molecule has 1 aliphatic rings. The number of aliphatic hydroxyl groups excluding tert-OH is 1. The number of carbonyl (C=O) groups excluding carboxylic acids is 1. The van der Waals surface area contributed by atoms with Crippen molar-refractivity contribution in [3.8, 4) is 0 Å². The maximum atomic E-state index is 12.5. The average Bonchev–Trinajstić information content (AvgIpc) is 2.86. The molecule has 0 radical (unpaired) electrons. The number of rotatable bonds is 5. The Balaban J connectivity index is 1.99. The zero-order chi connectivity index (χ0) is 17.0. The first kappa shape index (κ1) is 17.6. The van der Waals surface area contributed by atoms with E-state index in [4.69, 9.17) is 5.11 Å². The van der Waals surface area contributed by atoms with Gasteiger partial charge in [0.05, 0.1) is 6.54 Å². The third kappa shape index (κ3) is 5.11. The summed E-state index contributed by atoms with van der Waals surface area (Å²) in [5, 5.41) is 14.2. The molecular formula is C15H20F3N3O2. The molecule has 5 nitrogen and oxygen atoms in total. The summed E-state index contributed by atoms with van der Waals surface area (Å²) in [4.78, 5) is 13.1. The van der Waals surface area contributed by atoms with Crippen LogP contribution in [0.4, 0.5) is 23.7 Å². The first-order valence-electron chi connectivity index (χ1n) is 7.34. The normalized spacial score (nSPS) is 16.0. The van der Waals surface area contributed by atoms with Crippen LogP contribution in [0.2, 0.25) is 0 Å². The number of hydrogen-bond donors (Lipinski definition) is 3. The van der Waals surface area contributed by atoms with Crippen LogP contribution in [0.1, 0.15) is 18.1 Å². The van der Waals surface area contributed by atoms with E-state index in [-0.39, 0.29) is 25.6 Å². The van der Waals surface area contributed by atoms with Gasteiger partial charge in [-0.3, -0.25) is 4.90 Å². The Labute approximate surface area is 132 Å². The molecule has 3 N–H and O–H groups in total. The van der Waals surface area contributed by atoms with Gasteiger partial charge in [0.25, 0.3) is 0 Å². The molecule has 23 heavy (non-hydrogen) atoms. The fourth-order valence-corrected chi connectivity index (χ4v) is 2.47. The summed E-state index contributed by atoms with van der Waals surface area (Å²) in [6, 6.07) is 4.71. The predicted octanol–water partition coefficient (Wildman–Crippen LogP) is 2.31. The molecule has 2 rings (SSSR count). The highest BCUT2D eigenvalue weighted by Gasteiger charge is 2.34. The number of hydrogen-bond acceptors (Lipinski definition) is 3. The molecule has 1 heterocycles. The van der Waals surface area contributed by atoms with Crippen LogP contribution >= 0.6 is 0 Å². The van der Waals surface area contributed by atoms with Gasteiger partial charge in [0.1, 0.15) is 0 Å². The third-order valence-electron chi connectivity index (χ3n) is 3.62. The van der Waals surface area contributed by atoms with Crippen LogP contribution in [0, 0.1) is 5.92 Å². The second-order valence-electron chi connectivity index (χ2n) is 5.83. The Bertz CT molecular complexity index is 563. The fourth-order valence-electron chi connectivity index (χ4n) is 2.47. The van der Waals surface area contributed by atoms with Crippen LogP contribution in [-0.4, -0.2) is 41.9 Å². The van der Waals surface area contributed by atoms with E-state index in [0.717, 1.165) is 5.56 Å². The van der Waals surface area contributed by atoms with Gasteiger partial charge in [0, 0.05) is 31.9 Å². The third-order valence-corrected chi connectivity index (χ3v) is 3.62. The highest BCUT2D eigenvalue weighted by Crippen LogP contribution is 2.31. The molecule has 1 aromatic carbocycles. The standard InChI is InChI=1S/C15H20F3N3O2/c1-10(8-22)5-19-14(23)20-13-4-2-3-11-6-21(7-12(11)13)9-15(16,17)18/h2-4,10,22H,5-9H2,1H3,(H2,19,20,23). The number of fused-ring (bicyclic) bond motifs is 1. The SMILES string of the molecule is CC(CO)CNC(=O)Nc1cccc2c1CN(CC(F)(F)F)C2. The van der Waals surface area contributed by atoms with Gasteiger partial charge in [-0.15, -0.1) is 0 Å². The van der Waals surface area contributed by atoms with Gasteiger partial charge in [-0.25, -0.2) is 4.79 Å². The number of nitrogens with zero attached hydrogens (tertiary/aromatic N) is 1. The van der Waals surface area contributed by atoms with Crippen molar-refractivity contribution in [3.63, 3.8) is 0 Å². The van der Waals surface area contributed by atoms with E-state index in [1.807, 2.05) is 0 Å². The Morgan fingerprint density at radius 2 is 2.13 bits per heavy atom. The summed E-state index contributed by atoms with van der Waals surface area (Å²) in [5.74, 6) is -0.0653. The van der Waals surface area contributed by atoms with Crippen molar-refractivity contribution in [1.82, 2.24) is 10.2 Å². The molecule has 8 heteroatoms. The summed E-state index contributed by atoms with van der Waals surface area (Å²) in [6.45, 7) is 1.47. The van der Waals surface area contributed by atoms with Crippen LogP contribution in [0.25, 0.3) is 0 Å². The minimum absolute atomic E-state index is 0.0343. The second kappa shape index (κ2) is 7.18. The number of urea groups is 1. The van der Waals surface area contributed by atoms with Crippen molar-refractivity contribution in [1.29, 1.82) is 0 Å². The predicted molar refractivity (Wildman–Crippen MR) is 79.9 cm³/mol. The number of anilines is 1. The molecule has 0 aliphatic carbocycles. The Morgan fingerprint density at radius 1 is 1.39 bits per heavy atom. The Hall–Kier alpha value is -1.80. The summed E-state index contributed by atoms with van der Waals surface area (Å²) in [7, 11) is 0. The molecule has 0 fully saturated rings. The molecule has 128 valence electrons. The van der Waals surface area contributed by atoms with Crippen LogP contribution in [0.5, 0.6) is 0 Å². The van der Waals surface area contributed by atoms with Gasteiger partial charge < -0.3 is 15.7 Å². The van der Waals surface area contributed by atoms with E-state index >= 15 is 0 Å². The maximum Gasteiger partial charge on any atom is 0.401 e. The van der Waals surface area contributed by atoms with E-state index in [1.54, 1.807) is 25.1 Å². The van der Waals surface area contributed by atoms with Gasteiger partial charge in [-0.1, -0.05) is 19.1 Å². The average molecular weight is 331 g/mol. The van der Waals surface area contributed by atoms with Crippen molar-refractivity contribution in [3.05, 3.63) is 29.3 Å². The van der Waals surface area contributed by atoms with Crippen LogP contribution in [-0.2, 0) is 13.1 Å². The number of benzene rings is 1. The molecule has 0 aromatic heterocycles. The van der Waals surface area contributed by atoms with E-state index in [0.29, 0.717) is 17.8 Å². The molecular weight excluding hydrogens is 311 g/mol. The van der Waals surface area contributed by atoms with Gasteiger partial charge in [-0.2, -0.15) is 13.2 Å². The lowest BCUT2D eigenvalue weighted by Crippen LogP contribution is -2.33. The van der Waals surface area contributed by atoms with Gasteiger partial charge in [0.15, 0.2) is 0 Å². The van der Waals surface area contributed by atoms with Gasteiger partial charge in [-0.05, 0) is 23.1 Å². The summed E-state index contributed by atoms with van der Waals surface area (Å²) < 4.78 is 37.5. The molecule has 0 saturated heterocycles. The molecule has 2 amide bonds. The van der Waals surface area contributed by atoms with Crippen molar-refractivity contribution < 1.29 is 23.1 Å². The van der Waals surface area contributed by atoms with Gasteiger partial charge >= 0.3 is 12.2 Å². The zero-order valence-electron chi connectivity index (χ0n) is 12.8. The molecule has 1 aliphatic heterocycles. The number of amides is 2. The lowest BCUT2D eigenvalue weighted by Gasteiger charge is -2.17. The van der Waals surface area contributed by atoms with Crippen LogP contribution in [0.3, 0.4) is 0 Å². The Kier molecular flexibility index (Phi) is 5.48. The number of carbonyl (C=O) groups is 1. The van der Waals surface area contributed by atoms with Crippen molar-refractivity contribution in [2.45, 2.75) is 26.2 Å². The molecule has 1 aromatic rings. The lowest BCUT2D eigenvalue weighted by atomic mass is 10.1. The van der Waals surface area contributed by atoms with Crippen molar-refractivity contribution in [2.75, 3.05) is 25.0 Å². The molecule has 0 spiro atoms. The fraction of sp³-hybridized carbons (Fsp3) is 0.533. The quantitative estimate of drug-likeness (QED) is 0.776. The van der Waals surface area contributed by atoms with Crippen molar-refractivity contribution in [2.24, 2.45) is 5.92 Å². The monoisotopic (exact) mass is 331 g/mol. The van der Waals surface area contributed by atoms with Crippen LogP contribution < -0.4 is 10.6 Å². The molecule has 0 bridgehead atoms. The number of alkyl halides is 3. The Morgan fingerprint density at radius 3 is 2.78 bits per heavy atom. The largest absolute Gasteiger partial charge is 0.401 e. The topological polar surface area (TPSA) is 64.6 Å². The maximum absolute atomic E-state index is 12.5. The number of nitrogens with one attached hydrogen (secondary N) is 2. The highest BCUT2D eigenvalue weighted by molar-refractivity contribution is 5.90. The number of aliphatic hydroxyl groups is 1. The van der Waals surface area contributed by atoms with E-state index in [2.05, 4.69) is 10.6 Å². The lowest BCUT2D eigenvalue weighted by molar-refractivity contribution is -0.146.